The highest BCUT2D eigenvalue weighted by molar-refractivity contribution is 7.10. The summed E-state index contributed by atoms with van der Waals surface area (Å²) < 4.78 is 12.6. The molecule has 3 aromatic carbocycles. The quantitative estimate of drug-likeness (QED) is 0.324. The minimum atomic E-state index is -0.915. The molecular weight excluding hydrogens is 502 g/mol. The van der Waals surface area contributed by atoms with E-state index in [1.807, 2.05) is 72.1 Å². The predicted octanol–water partition coefficient (Wildman–Crippen LogP) is 4.31. The Bertz CT molecular complexity index is 1590. The van der Waals surface area contributed by atoms with Gasteiger partial charge >= 0.3 is 0 Å². The molecule has 0 unspecified atom stereocenters. The number of anilines is 1. The van der Waals surface area contributed by atoms with Crippen molar-refractivity contribution in [2.45, 2.75) is 19.1 Å². The monoisotopic (exact) mass is 525 g/mol. The van der Waals surface area contributed by atoms with Crippen molar-refractivity contribution in [1.29, 1.82) is 0 Å². The third-order valence-electron chi connectivity index (χ3n) is 6.24. The molecule has 38 heavy (non-hydrogen) atoms. The number of nitrogens with one attached hydrogen (secondary N) is 1. The van der Waals surface area contributed by atoms with Gasteiger partial charge in [0.05, 0.1) is 5.52 Å². The maximum absolute atomic E-state index is 14.1. The van der Waals surface area contributed by atoms with E-state index in [-0.39, 0.29) is 25.2 Å². The molecule has 190 valence electrons. The first-order valence-corrected chi connectivity index (χ1v) is 12.9. The molecule has 1 aliphatic rings. The summed E-state index contributed by atoms with van der Waals surface area (Å²) >= 11 is 1.41. The van der Waals surface area contributed by atoms with Crippen LogP contribution in [0.1, 0.15) is 16.5 Å². The van der Waals surface area contributed by atoms with Gasteiger partial charge in [-0.05, 0) is 41.3 Å². The second kappa shape index (κ2) is 10.3. The van der Waals surface area contributed by atoms with Crippen LogP contribution in [0.15, 0.2) is 90.3 Å². The molecule has 10 heteroatoms. The smallest absolute Gasteiger partial charge is 0.249 e. The minimum Gasteiger partial charge on any atom is -0.454 e. The van der Waals surface area contributed by atoms with Crippen molar-refractivity contribution in [3.8, 4) is 11.5 Å². The Labute approximate surface area is 222 Å². The number of hydrogen-bond acceptors (Lipinski definition) is 7. The number of rotatable bonds is 8. The number of thiophene rings is 1. The zero-order valence-electron chi connectivity index (χ0n) is 20.2. The lowest BCUT2D eigenvalue weighted by Crippen LogP contribution is -2.45. The van der Waals surface area contributed by atoms with Gasteiger partial charge in [-0.3, -0.25) is 14.5 Å². The highest BCUT2D eigenvalue weighted by Gasteiger charge is 2.34. The van der Waals surface area contributed by atoms with Gasteiger partial charge in [0.2, 0.25) is 18.6 Å². The number of aromatic nitrogens is 3. The Balaban J connectivity index is 1.38. The lowest BCUT2D eigenvalue weighted by molar-refractivity contribution is -0.127. The van der Waals surface area contributed by atoms with E-state index in [1.54, 1.807) is 22.9 Å². The number of nitrogens with zero attached hydrogens (tertiary/aromatic N) is 4. The van der Waals surface area contributed by atoms with Gasteiger partial charge in [0.1, 0.15) is 18.1 Å². The zero-order valence-corrected chi connectivity index (χ0v) is 21.0. The lowest BCUT2D eigenvalue weighted by atomic mass is 10.1. The van der Waals surface area contributed by atoms with Crippen molar-refractivity contribution in [2.75, 3.05) is 11.7 Å². The number of ether oxygens (including phenoxy) is 2. The van der Waals surface area contributed by atoms with Crippen LogP contribution in [0.2, 0.25) is 0 Å². The number of benzene rings is 3. The van der Waals surface area contributed by atoms with Crippen LogP contribution < -0.4 is 19.7 Å². The molecular formula is C28H23N5O4S. The van der Waals surface area contributed by atoms with Gasteiger partial charge in [-0.1, -0.05) is 53.7 Å². The van der Waals surface area contributed by atoms with Gasteiger partial charge in [-0.2, -0.15) is 0 Å². The molecule has 1 atom stereocenters. The summed E-state index contributed by atoms with van der Waals surface area (Å²) in [5.41, 5.74) is 2.88. The topological polar surface area (TPSA) is 98.6 Å². The van der Waals surface area contributed by atoms with Crippen LogP contribution in [0.5, 0.6) is 11.5 Å². The van der Waals surface area contributed by atoms with Crippen LogP contribution in [0.3, 0.4) is 0 Å². The van der Waals surface area contributed by atoms with Crippen LogP contribution in [-0.4, -0.2) is 33.6 Å². The summed E-state index contributed by atoms with van der Waals surface area (Å²) in [6, 6.07) is 25.1. The second-order valence-corrected chi connectivity index (χ2v) is 9.64. The summed E-state index contributed by atoms with van der Waals surface area (Å²) in [6.45, 7) is 0.324. The van der Waals surface area contributed by atoms with Gasteiger partial charge in [-0.25, -0.2) is 4.68 Å². The van der Waals surface area contributed by atoms with Crippen molar-refractivity contribution in [1.82, 2.24) is 20.3 Å². The third kappa shape index (κ3) is 4.69. The molecule has 0 radical (unpaired) electrons. The third-order valence-corrected chi connectivity index (χ3v) is 7.16. The highest BCUT2D eigenvalue weighted by Crippen LogP contribution is 2.39. The fraction of sp³-hybridized carbons (Fsp3) is 0.143. The SMILES string of the molecule is O=C(NCc1ccccc1)[C@@H](c1cccs1)N(C(=O)Cn1nnc2ccccc21)c1ccc2c(c1)OCO2. The average molecular weight is 526 g/mol. The van der Waals surface area contributed by atoms with E-state index in [9.17, 15) is 9.59 Å². The van der Waals surface area contributed by atoms with Crippen molar-refractivity contribution in [3.63, 3.8) is 0 Å². The molecule has 2 aromatic heterocycles. The first-order chi connectivity index (χ1) is 18.7. The van der Waals surface area contributed by atoms with Crippen molar-refractivity contribution < 1.29 is 19.1 Å². The summed E-state index contributed by atoms with van der Waals surface area (Å²) in [7, 11) is 0. The van der Waals surface area contributed by atoms with Crippen LogP contribution in [0.25, 0.3) is 11.0 Å². The summed E-state index contributed by atoms with van der Waals surface area (Å²) in [6.07, 6.45) is 0. The van der Waals surface area contributed by atoms with Crippen LogP contribution in [0, 0.1) is 0 Å². The van der Waals surface area contributed by atoms with E-state index in [0.717, 1.165) is 16.0 Å². The second-order valence-electron chi connectivity index (χ2n) is 8.66. The first kappa shape index (κ1) is 23.7. The van der Waals surface area contributed by atoms with Crippen molar-refractivity contribution in [3.05, 3.63) is 101 Å². The molecule has 6 rings (SSSR count). The van der Waals surface area contributed by atoms with E-state index in [4.69, 9.17) is 9.47 Å². The molecule has 0 saturated heterocycles. The normalized spacial score (nSPS) is 12.8. The maximum Gasteiger partial charge on any atom is 0.249 e. The molecule has 0 saturated carbocycles. The first-order valence-electron chi connectivity index (χ1n) is 12.0. The van der Waals surface area contributed by atoms with Crippen LogP contribution >= 0.6 is 11.3 Å². The molecule has 9 nitrogen and oxygen atoms in total. The van der Waals surface area contributed by atoms with E-state index >= 15 is 0 Å². The van der Waals surface area contributed by atoms with Crippen molar-refractivity contribution in [2.24, 2.45) is 0 Å². The molecule has 0 aliphatic carbocycles. The van der Waals surface area contributed by atoms with Gasteiger partial charge in [0, 0.05) is 23.2 Å². The number of amides is 2. The molecule has 1 aliphatic heterocycles. The lowest BCUT2D eigenvalue weighted by Gasteiger charge is -2.31. The number of fused-ring (bicyclic) bond motifs is 2. The zero-order chi connectivity index (χ0) is 25.9. The summed E-state index contributed by atoms with van der Waals surface area (Å²) in [5.74, 6) is 0.476. The Morgan fingerprint density at radius 3 is 2.63 bits per heavy atom. The van der Waals surface area contributed by atoms with Gasteiger partial charge in [-0.15, -0.1) is 16.4 Å². The van der Waals surface area contributed by atoms with Crippen LogP contribution in [0.4, 0.5) is 5.69 Å². The molecule has 0 bridgehead atoms. The largest absolute Gasteiger partial charge is 0.454 e. The fourth-order valence-corrected chi connectivity index (χ4v) is 5.23. The number of carbonyl (C=O) groups is 2. The minimum absolute atomic E-state index is 0.101. The molecule has 1 N–H and O–H groups in total. The van der Waals surface area contributed by atoms with E-state index < -0.39 is 6.04 Å². The maximum atomic E-state index is 14.1. The summed E-state index contributed by atoms with van der Waals surface area (Å²) in [4.78, 5) is 30.1. The number of hydrogen-bond donors (Lipinski definition) is 1. The fourth-order valence-electron chi connectivity index (χ4n) is 4.41. The standard InChI is InChI=1S/C28H23N5O4S/c34-26(17-32-22-10-5-4-9-21(22)30-31-32)33(20-12-13-23-24(15-20)37-18-36-23)27(25-11-6-14-38-25)28(35)29-16-19-7-2-1-3-8-19/h1-15,27H,16-18H2,(H,29,35)/t27-/m1/s1. The summed E-state index contributed by atoms with van der Waals surface area (Å²) in [5, 5.41) is 13.3. The van der Waals surface area contributed by atoms with E-state index in [0.29, 0.717) is 29.2 Å². The Kier molecular flexibility index (Phi) is 6.45. The number of para-hydroxylation sites is 1. The molecule has 0 spiro atoms. The Hall–Kier alpha value is -4.70. The van der Waals surface area contributed by atoms with E-state index in [2.05, 4.69) is 15.6 Å². The van der Waals surface area contributed by atoms with Gasteiger partial charge in [0.15, 0.2) is 11.5 Å². The highest BCUT2D eigenvalue weighted by atomic mass is 32.1. The molecule has 2 amide bonds. The van der Waals surface area contributed by atoms with Gasteiger partial charge in [0.25, 0.3) is 0 Å². The Morgan fingerprint density at radius 1 is 0.974 bits per heavy atom. The molecule has 3 heterocycles. The number of carbonyl (C=O) groups excluding carboxylic acids is 2. The molecule has 5 aromatic rings. The molecule has 0 fully saturated rings. The Morgan fingerprint density at radius 2 is 1.79 bits per heavy atom. The van der Waals surface area contributed by atoms with Gasteiger partial charge < -0.3 is 14.8 Å². The van der Waals surface area contributed by atoms with Crippen molar-refractivity contribution >= 4 is 39.9 Å². The van der Waals surface area contributed by atoms with Crippen LogP contribution in [-0.2, 0) is 22.7 Å². The average Bonchev–Trinajstić information content (AvgIpc) is 3.72. The van der Waals surface area contributed by atoms with E-state index in [1.165, 1.54) is 16.2 Å². The predicted molar refractivity (Wildman–Crippen MR) is 143 cm³/mol.